The van der Waals surface area contributed by atoms with E-state index in [0.717, 1.165) is 0 Å². The van der Waals surface area contributed by atoms with E-state index in [1.54, 1.807) is 0 Å². The number of hydrogen-bond donors (Lipinski definition) is 2. The molecule has 1 aromatic carbocycles. The number of carboxylic acid groups (broad SMARTS) is 1. The van der Waals surface area contributed by atoms with Crippen LogP contribution < -0.4 is 5.32 Å². The first-order chi connectivity index (χ1) is 6.56. The molecule has 0 radical (unpaired) electrons. The zero-order valence-electron chi connectivity index (χ0n) is 6.75. The Balaban J connectivity index is 3.24. The smallest absolute Gasteiger partial charge is 0.335 e. The van der Waals surface area contributed by atoms with E-state index in [1.807, 2.05) is 45.2 Å². The molecule has 0 aromatic heterocycles. The van der Waals surface area contributed by atoms with Gasteiger partial charge in [-0.05, 0) is 57.3 Å². The monoisotopic (exact) mass is 417 g/mol. The van der Waals surface area contributed by atoms with Crippen LogP contribution in [0.5, 0.6) is 0 Å². The summed E-state index contributed by atoms with van der Waals surface area (Å²) in [7, 11) is 0. The molecular weight excluding hydrogens is 412 g/mol. The second kappa shape index (κ2) is 4.91. The lowest BCUT2D eigenvalue weighted by Crippen LogP contribution is -2.03. The van der Waals surface area contributed by atoms with Crippen LogP contribution in [-0.2, 0) is 4.79 Å². The third kappa shape index (κ3) is 2.56. The normalized spacial score (nSPS) is 9.57. The molecule has 14 heavy (non-hydrogen) atoms. The third-order valence-electron chi connectivity index (χ3n) is 1.49. The molecule has 0 aliphatic rings. The van der Waals surface area contributed by atoms with E-state index >= 15 is 0 Å². The van der Waals surface area contributed by atoms with E-state index in [2.05, 4.69) is 5.32 Å². The molecule has 6 heteroatoms. The fraction of sp³-hybridized carbons (Fsp3) is 0. The zero-order chi connectivity index (χ0) is 10.7. The highest BCUT2D eigenvalue weighted by Gasteiger charge is 2.10. The van der Waals surface area contributed by atoms with Crippen molar-refractivity contribution in [1.29, 1.82) is 0 Å². The van der Waals surface area contributed by atoms with Crippen LogP contribution >= 0.6 is 45.2 Å². The number of hydrogen-bond acceptors (Lipinski definition) is 2. The summed E-state index contributed by atoms with van der Waals surface area (Å²) in [5.41, 5.74) is 0.862. The molecule has 0 spiro atoms. The van der Waals surface area contributed by atoms with Crippen LogP contribution in [0.15, 0.2) is 12.1 Å². The first-order valence-electron chi connectivity index (χ1n) is 3.48. The molecule has 0 aliphatic heterocycles. The minimum atomic E-state index is -0.974. The Bertz CT molecular complexity index is 369. The van der Waals surface area contributed by atoms with Crippen LogP contribution in [0.2, 0.25) is 0 Å². The fourth-order valence-electron chi connectivity index (χ4n) is 0.893. The Hall–Kier alpha value is -0.380. The molecule has 0 saturated carbocycles. The van der Waals surface area contributed by atoms with Gasteiger partial charge in [0.2, 0.25) is 6.41 Å². The van der Waals surface area contributed by atoms with E-state index in [-0.39, 0.29) is 5.56 Å². The average Bonchev–Trinajstić information content (AvgIpc) is 2.10. The highest BCUT2D eigenvalue weighted by atomic mass is 127. The van der Waals surface area contributed by atoms with E-state index in [0.29, 0.717) is 19.2 Å². The number of carboxylic acids is 1. The number of carbonyl (C=O) groups excluding carboxylic acids is 1. The van der Waals surface area contributed by atoms with Gasteiger partial charge >= 0.3 is 5.97 Å². The molecule has 4 nitrogen and oxygen atoms in total. The minimum absolute atomic E-state index is 0.218. The Morgan fingerprint density at radius 3 is 2.21 bits per heavy atom. The number of benzene rings is 1. The lowest BCUT2D eigenvalue weighted by Gasteiger charge is -2.06. The second-order valence-electron chi connectivity index (χ2n) is 2.38. The van der Waals surface area contributed by atoms with Gasteiger partial charge in [-0.1, -0.05) is 0 Å². The zero-order valence-corrected chi connectivity index (χ0v) is 11.1. The van der Waals surface area contributed by atoms with Gasteiger partial charge < -0.3 is 10.4 Å². The van der Waals surface area contributed by atoms with Crippen LogP contribution in [0.3, 0.4) is 0 Å². The summed E-state index contributed by atoms with van der Waals surface area (Å²) in [5.74, 6) is -0.974. The van der Waals surface area contributed by atoms with Crippen LogP contribution in [-0.4, -0.2) is 17.5 Å². The SMILES string of the molecule is O=CNc1c(I)cc(C(=O)O)cc1I. The molecule has 1 aromatic rings. The molecule has 0 aliphatic carbocycles. The molecule has 0 atom stereocenters. The number of halogens is 2. The van der Waals surface area contributed by atoms with Gasteiger partial charge in [0.25, 0.3) is 0 Å². The minimum Gasteiger partial charge on any atom is -0.478 e. The topological polar surface area (TPSA) is 66.4 Å². The predicted octanol–water partition coefficient (Wildman–Crippen LogP) is 2.16. The van der Waals surface area contributed by atoms with Crippen LogP contribution in [0.1, 0.15) is 10.4 Å². The lowest BCUT2D eigenvalue weighted by molar-refractivity contribution is -0.105. The van der Waals surface area contributed by atoms with Crippen molar-refractivity contribution in [3.8, 4) is 0 Å². The standard InChI is InChI=1S/C8H5I2NO3/c9-5-1-4(8(13)14)2-6(10)7(5)11-3-12/h1-3H,(H,11,12)(H,13,14). The van der Waals surface area contributed by atoms with E-state index in [9.17, 15) is 9.59 Å². The maximum Gasteiger partial charge on any atom is 0.335 e. The average molecular weight is 417 g/mol. The molecule has 0 bridgehead atoms. The highest BCUT2D eigenvalue weighted by Crippen LogP contribution is 2.26. The molecule has 74 valence electrons. The van der Waals surface area contributed by atoms with E-state index in [1.165, 1.54) is 12.1 Å². The van der Waals surface area contributed by atoms with Gasteiger partial charge in [-0.3, -0.25) is 4.79 Å². The predicted molar refractivity (Wildman–Crippen MR) is 68.5 cm³/mol. The second-order valence-corrected chi connectivity index (χ2v) is 4.71. The number of nitrogens with one attached hydrogen (secondary N) is 1. The van der Waals surface area contributed by atoms with Crippen LogP contribution in [0.4, 0.5) is 5.69 Å². The Kier molecular flexibility index (Phi) is 4.11. The molecular formula is C8H5I2NO3. The molecule has 2 N–H and O–H groups in total. The summed E-state index contributed by atoms with van der Waals surface area (Å²) in [6.07, 6.45) is 0.570. The van der Waals surface area contributed by atoms with Gasteiger partial charge in [-0.25, -0.2) is 4.79 Å². The maximum absolute atomic E-state index is 10.7. The molecule has 0 unspecified atom stereocenters. The maximum atomic E-state index is 10.7. The summed E-state index contributed by atoms with van der Waals surface area (Å²) in [6, 6.07) is 3.02. The van der Waals surface area contributed by atoms with Gasteiger partial charge in [0, 0.05) is 7.14 Å². The van der Waals surface area contributed by atoms with Gasteiger partial charge in [0.15, 0.2) is 0 Å². The first-order valence-corrected chi connectivity index (χ1v) is 5.64. The van der Waals surface area contributed by atoms with E-state index in [4.69, 9.17) is 5.11 Å². The molecule has 0 heterocycles. The van der Waals surface area contributed by atoms with Crippen molar-refractivity contribution in [2.45, 2.75) is 0 Å². The van der Waals surface area contributed by atoms with Crippen molar-refractivity contribution in [3.05, 3.63) is 24.8 Å². The number of amides is 1. The van der Waals surface area contributed by atoms with Crippen molar-refractivity contribution in [1.82, 2.24) is 0 Å². The van der Waals surface area contributed by atoms with Gasteiger partial charge in [0.1, 0.15) is 0 Å². The quantitative estimate of drug-likeness (QED) is 0.586. The molecule has 0 fully saturated rings. The number of anilines is 1. The van der Waals surface area contributed by atoms with Crippen LogP contribution in [0, 0.1) is 7.14 Å². The highest BCUT2D eigenvalue weighted by molar-refractivity contribution is 14.1. The summed E-state index contributed by atoms with van der Waals surface area (Å²) in [5, 5.41) is 11.3. The number of rotatable bonds is 3. The molecule has 0 saturated heterocycles. The molecule has 1 amide bonds. The number of carbonyl (C=O) groups is 2. The van der Waals surface area contributed by atoms with Crippen molar-refractivity contribution in [2.24, 2.45) is 0 Å². The van der Waals surface area contributed by atoms with Crippen molar-refractivity contribution < 1.29 is 14.7 Å². The van der Waals surface area contributed by atoms with Crippen molar-refractivity contribution >= 4 is 63.2 Å². The Morgan fingerprint density at radius 1 is 1.36 bits per heavy atom. The first kappa shape index (κ1) is 11.7. The van der Waals surface area contributed by atoms with Crippen molar-refractivity contribution in [2.75, 3.05) is 5.32 Å². The summed E-state index contributed by atoms with van der Waals surface area (Å²) in [4.78, 5) is 20.9. The van der Waals surface area contributed by atoms with Gasteiger partial charge in [0.05, 0.1) is 11.3 Å². The van der Waals surface area contributed by atoms with Crippen molar-refractivity contribution in [3.63, 3.8) is 0 Å². The van der Waals surface area contributed by atoms with Gasteiger partial charge in [-0.2, -0.15) is 0 Å². The Morgan fingerprint density at radius 2 is 1.86 bits per heavy atom. The summed E-state index contributed by atoms with van der Waals surface area (Å²) >= 11 is 3.96. The summed E-state index contributed by atoms with van der Waals surface area (Å²) < 4.78 is 1.41. The Labute approximate surface area is 107 Å². The summed E-state index contributed by atoms with van der Waals surface area (Å²) in [6.45, 7) is 0. The fourth-order valence-corrected chi connectivity index (χ4v) is 2.97. The van der Waals surface area contributed by atoms with Gasteiger partial charge in [-0.15, -0.1) is 0 Å². The largest absolute Gasteiger partial charge is 0.478 e. The molecule has 1 rings (SSSR count). The number of aromatic carboxylic acids is 1. The third-order valence-corrected chi connectivity index (χ3v) is 3.19. The lowest BCUT2D eigenvalue weighted by atomic mass is 10.2. The van der Waals surface area contributed by atoms with E-state index < -0.39 is 5.97 Å². The van der Waals surface area contributed by atoms with Crippen LogP contribution in [0.25, 0.3) is 0 Å².